The molecule has 2 aromatic rings. The Balaban J connectivity index is 1.33. The van der Waals surface area contributed by atoms with Gasteiger partial charge in [0.15, 0.2) is 0 Å². The summed E-state index contributed by atoms with van der Waals surface area (Å²) >= 11 is 3.96. The van der Waals surface area contributed by atoms with Crippen LogP contribution in [0.15, 0.2) is 24.5 Å². The molecule has 0 aliphatic heterocycles. The lowest BCUT2D eigenvalue weighted by atomic mass is 9.49. The number of pyridine rings is 1. The molecule has 4 bridgehead atoms. The standard InChI is InChI=1S/C20H23BrN2O2/c1-13-2-3-17-22-16(10-23(17)9-13)11-25-18(24)19-5-14-4-15(6-19)8-20(21,7-14)12-19/h2-3,9-10,14-15H,4-8,11-12H2,1H3. The fourth-order valence-corrected chi connectivity index (χ4v) is 7.36. The first kappa shape index (κ1) is 15.9. The molecule has 4 nitrogen and oxygen atoms in total. The second kappa shape index (κ2) is 5.32. The Labute approximate surface area is 156 Å². The molecule has 5 heteroatoms. The largest absolute Gasteiger partial charge is 0.459 e. The molecule has 4 aliphatic rings. The minimum absolute atomic E-state index is 0.00124. The number of rotatable bonds is 3. The summed E-state index contributed by atoms with van der Waals surface area (Å²) in [5, 5.41) is 0. The first-order valence-electron chi connectivity index (χ1n) is 9.24. The quantitative estimate of drug-likeness (QED) is 0.563. The molecule has 0 amide bonds. The highest BCUT2D eigenvalue weighted by Gasteiger charge is 2.60. The lowest BCUT2D eigenvalue weighted by Crippen LogP contribution is -2.56. The van der Waals surface area contributed by atoms with E-state index < -0.39 is 0 Å². The van der Waals surface area contributed by atoms with E-state index in [2.05, 4.69) is 27.8 Å². The van der Waals surface area contributed by atoms with E-state index in [1.165, 1.54) is 24.8 Å². The summed E-state index contributed by atoms with van der Waals surface area (Å²) in [6.45, 7) is 2.33. The SMILES string of the molecule is Cc1ccc2nc(COC(=O)C34CC5CC(CC(Br)(C5)C3)C4)cn2c1. The number of carbonyl (C=O) groups excluding carboxylic acids is 1. The number of fused-ring (bicyclic) bond motifs is 1. The highest BCUT2D eigenvalue weighted by Crippen LogP contribution is 2.64. The Hall–Kier alpha value is -1.36. The average Bonchev–Trinajstić information content (AvgIpc) is 2.92. The van der Waals surface area contributed by atoms with Gasteiger partial charge >= 0.3 is 5.97 Å². The highest BCUT2D eigenvalue weighted by atomic mass is 79.9. The maximum atomic E-state index is 13.0. The summed E-state index contributed by atoms with van der Waals surface area (Å²) in [6.07, 6.45) is 10.7. The maximum absolute atomic E-state index is 13.0. The lowest BCUT2D eigenvalue weighted by Gasteiger charge is -2.58. The van der Waals surface area contributed by atoms with E-state index in [-0.39, 0.29) is 22.3 Å². The van der Waals surface area contributed by atoms with Crippen molar-refractivity contribution in [2.75, 3.05) is 0 Å². The molecule has 6 rings (SSSR count). The van der Waals surface area contributed by atoms with Crippen molar-refractivity contribution in [3.8, 4) is 0 Å². The van der Waals surface area contributed by atoms with Gasteiger partial charge < -0.3 is 9.14 Å². The zero-order valence-electron chi connectivity index (χ0n) is 14.5. The molecule has 2 aromatic heterocycles. The maximum Gasteiger partial charge on any atom is 0.312 e. The molecule has 0 N–H and O–H groups in total. The summed E-state index contributed by atoms with van der Waals surface area (Å²) in [6, 6.07) is 4.04. The molecule has 132 valence electrons. The third-order valence-corrected chi connectivity index (χ3v) is 7.35. The van der Waals surface area contributed by atoms with E-state index in [9.17, 15) is 4.79 Å². The fourth-order valence-electron chi connectivity index (χ4n) is 5.91. The van der Waals surface area contributed by atoms with Crippen LogP contribution >= 0.6 is 15.9 Å². The predicted octanol–water partition coefficient (Wildman–Crippen LogP) is 4.42. The van der Waals surface area contributed by atoms with Gasteiger partial charge in [0.1, 0.15) is 12.3 Å². The van der Waals surface area contributed by atoms with Crippen molar-refractivity contribution in [3.63, 3.8) is 0 Å². The molecule has 0 spiro atoms. The molecular weight excluding hydrogens is 380 g/mol. The van der Waals surface area contributed by atoms with E-state index in [1.807, 2.05) is 28.9 Å². The van der Waals surface area contributed by atoms with Crippen molar-refractivity contribution in [2.45, 2.75) is 56.4 Å². The van der Waals surface area contributed by atoms with E-state index >= 15 is 0 Å². The van der Waals surface area contributed by atoms with Crippen LogP contribution < -0.4 is 0 Å². The van der Waals surface area contributed by atoms with Gasteiger partial charge in [-0.25, -0.2) is 4.98 Å². The second-order valence-corrected chi connectivity index (χ2v) is 10.4. The Bertz CT molecular complexity index is 844. The Morgan fingerprint density at radius 2 is 2.04 bits per heavy atom. The predicted molar refractivity (Wildman–Crippen MR) is 98.5 cm³/mol. The van der Waals surface area contributed by atoms with E-state index in [1.54, 1.807) is 0 Å². The van der Waals surface area contributed by atoms with Gasteiger partial charge in [-0.3, -0.25) is 4.79 Å². The number of aromatic nitrogens is 2. The number of hydrogen-bond acceptors (Lipinski definition) is 3. The number of halogens is 1. The van der Waals surface area contributed by atoms with Crippen molar-refractivity contribution in [2.24, 2.45) is 17.3 Å². The Morgan fingerprint density at radius 3 is 2.76 bits per heavy atom. The molecule has 0 aromatic carbocycles. The van der Waals surface area contributed by atoms with E-state index in [0.717, 1.165) is 30.6 Å². The summed E-state index contributed by atoms with van der Waals surface area (Å²) in [5.41, 5.74) is 2.64. The number of nitrogens with zero attached hydrogens (tertiary/aromatic N) is 2. The summed E-state index contributed by atoms with van der Waals surface area (Å²) in [4.78, 5) is 17.6. The fraction of sp³-hybridized carbons (Fsp3) is 0.600. The van der Waals surface area contributed by atoms with Crippen LogP contribution in [0.3, 0.4) is 0 Å². The molecule has 2 atom stereocenters. The van der Waals surface area contributed by atoms with Crippen molar-refractivity contribution < 1.29 is 9.53 Å². The number of hydrogen-bond donors (Lipinski definition) is 0. The summed E-state index contributed by atoms with van der Waals surface area (Å²) in [5.74, 6) is 1.37. The van der Waals surface area contributed by atoms with Gasteiger partial charge in [0.2, 0.25) is 0 Å². The van der Waals surface area contributed by atoms with Crippen LogP contribution in [-0.2, 0) is 16.1 Å². The van der Waals surface area contributed by atoms with Crippen molar-refractivity contribution >= 4 is 27.5 Å². The van der Waals surface area contributed by atoms with Gasteiger partial charge in [-0.1, -0.05) is 22.0 Å². The molecule has 4 fully saturated rings. The molecule has 0 radical (unpaired) electrons. The summed E-state index contributed by atoms with van der Waals surface area (Å²) < 4.78 is 7.96. The van der Waals surface area contributed by atoms with Crippen LogP contribution in [-0.4, -0.2) is 19.7 Å². The van der Waals surface area contributed by atoms with Crippen LogP contribution in [0, 0.1) is 24.2 Å². The monoisotopic (exact) mass is 402 g/mol. The van der Waals surface area contributed by atoms with Gasteiger partial charge in [-0.2, -0.15) is 0 Å². The Kier molecular flexibility index (Phi) is 3.38. The van der Waals surface area contributed by atoms with Crippen molar-refractivity contribution in [1.82, 2.24) is 9.38 Å². The molecular formula is C20H23BrN2O2. The van der Waals surface area contributed by atoms with E-state index in [4.69, 9.17) is 4.74 Å². The highest BCUT2D eigenvalue weighted by molar-refractivity contribution is 9.10. The number of carbonyl (C=O) groups is 1. The van der Waals surface area contributed by atoms with Crippen molar-refractivity contribution in [3.05, 3.63) is 35.8 Å². The van der Waals surface area contributed by atoms with Crippen LogP contribution in [0.1, 0.15) is 49.8 Å². The number of esters is 1. The normalized spacial score (nSPS) is 36.1. The van der Waals surface area contributed by atoms with Gasteiger partial charge in [-0.15, -0.1) is 0 Å². The third kappa shape index (κ3) is 2.62. The van der Waals surface area contributed by atoms with Gasteiger partial charge in [0, 0.05) is 16.7 Å². The van der Waals surface area contributed by atoms with Gasteiger partial charge in [0.05, 0.1) is 11.1 Å². The lowest BCUT2D eigenvalue weighted by molar-refractivity contribution is -0.171. The first-order valence-corrected chi connectivity index (χ1v) is 10.0. The van der Waals surface area contributed by atoms with Gasteiger partial charge in [-0.05, 0) is 68.9 Å². The second-order valence-electron chi connectivity index (χ2n) is 8.67. The number of ether oxygens (including phenoxy) is 1. The third-order valence-electron chi connectivity index (χ3n) is 6.42. The minimum Gasteiger partial charge on any atom is -0.459 e. The smallest absolute Gasteiger partial charge is 0.312 e. The zero-order chi connectivity index (χ0) is 17.2. The summed E-state index contributed by atoms with van der Waals surface area (Å²) in [7, 11) is 0. The number of imidazole rings is 1. The molecule has 2 unspecified atom stereocenters. The van der Waals surface area contributed by atoms with Crippen LogP contribution in [0.5, 0.6) is 0 Å². The van der Waals surface area contributed by atoms with Crippen LogP contribution in [0.2, 0.25) is 0 Å². The van der Waals surface area contributed by atoms with Crippen molar-refractivity contribution in [1.29, 1.82) is 0 Å². The number of alkyl halides is 1. The molecule has 4 aliphatic carbocycles. The number of aryl methyl sites for hydroxylation is 1. The molecule has 25 heavy (non-hydrogen) atoms. The zero-order valence-corrected chi connectivity index (χ0v) is 16.1. The molecule has 2 heterocycles. The topological polar surface area (TPSA) is 43.6 Å². The minimum atomic E-state index is -0.261. The van der Waals surface area contributed by atoms with Crippen LogP contribution in [0.4, 0.5) is 0 Å². The average molecular weight is 403 g/mol. The molecule has 0 saturated heterocycles. The molecule has 4 saturated carbocycles. The Morgan fingerprint density at radius 1 is 1.28 bits per heavy atom. The van der Waals surface area contributed by atoms with Gasteiger partial charge in [0.25, 0.3) is 0 Å². The van der Waals surface area contributed by atoms with E-state index in [0.29, 0.717) is 11.8 Å². The van der Waals surface area contributed by atoms with Crippen LogP contribution in [0.25, 0.3) is 5.65 Å². The first-order chi connectivity index (χ1) is 11.9.